The summed E-state index contributed by atoms with van der Waals surface area (Å²) >= 11 is 0. The van der Waals surface area contributed by atoms with Gasteiger partial charge < -0.3 is 19.5 Å². The number of amides is 1. The first-order valence-electron chi connectivity index (χ1n) is 10.6. The maximum atomic E-state index is 12.7. The van der Waals surface area contributed by atoms with Crippen LogP contribution in [-0.2, 0) is 21.4 Å². The molecule has 8 nitrogen and oxygen atoms in total. The van der Waals surface area contributed by atoms with Crippen LogP contribution in [0.1, 0.15) is 24.1 Å². The molecule has 1 atom stereocenters. The number of methoxy groups -OCH3 is 2. The standard InChI is InChI=1S/C25H28N2O6S/c1-18(20-7-5-4-6-8-20)27-34(29,30)22-12-10-21(11-13-22)33-17-25(28)26-16-19-9-14-23(31-2)24(15-19)32-3/h4-15,18,27H,16-17H2,1-3H3,(H,26,28)/t18-/m1/s1. The van der Waals surface area contributed by atoms with Crippen molar-refractivity contribution in [1.29, 1.82) is 0 Å². The summed E-state index contributed by atoms with van der Waals surface area (Å²) in [5.41, 5.74) is 1.71. The zero-order chi connectivity index (χ0) is 24.6. The summed E-state index contributed by atoms with van der Waals surface area (Å²) in [6.07, 6.45) is 0. The molecule has 0 aromatic heterocycles. The third kappa shape index (κ3) is 6.72. The van der Waals surface area contributed by atoms with Crippen molar-refractivity contribution in [2.45, 2.75) is 24.4 Å². The molecule has 0 aliphatic heterocycles. The number of benzene rings is 3. The molecule has 0 spiro atoms. The van der Waals surface area contributed by atoms with E-state index in [9.17, 15) is 13.2 Å². The van der Waals surface area contributed by atoms with Crippen molar-refractivity contribution in [2.24, 2.45) is 0 Å². The minimum Gasteiger partial charge on any atom is -0.493 e. The van der Waals surface area contributed by atoms with E-state index in [0.717, 1.165) is 11.1 Å². The Labute approximate surface area is 199 Å². The summed E-state index contributed by atoms with van der Waals surface area (Å²) in [6, 6.07) is 20.2. The largest absolute Gasteiger partial charge is 0.493 e. The van der Waals surface area contributed by atoms with E-state index in [-0.39, 0.29) is 23.5 Å². The predicted octanol–water partition coefficient (Wildman–Crippen LogP) is 3.44. The predicted molar refractivity (Wildman–Crippen MR) is 129 cm³/mol. The van der Waals surface area contributed by atoms with E-state index < -0.39 is 10.0 Å². The van der Waals surface area contributed by atoms with Gasteiger partial charge in [0.25, 0.3) is 5.91 Å². The van der Waals surface area contributed by atoms with Crippen LogP contribution in [0.15, 0.2) is 77.7 Å². The van der Waals surface area contributed by atoms with Crippen LogP contribution in [0.4, 0.5) is 0 Å². The molecule has 0 heterocycles. The van der Waals surface area contributed by atoms with Gasteiger partial charge in [-0.25, -0.2) is 13.1 Å². The Balaban J connectivity index is 1.51. The van der Waals surface area contributed by atoms with Crippen LogP contribution in [0, 0.1) is 0 Å². The number of hydrogen-bond acceptors (Lipinski definition) is 6. The Morgan fingerprint density at radius 3 is 2.24 bits per heavy atom. The van der Waals surface area contributed by atoms with E-state index in [2.05, 4.69) is 10.0 Å². The molecule has 9 heteroatoms. The Hall–Kier alpha value is -3.56. The number of carbonyl (C=O) groups is 1. The van der Waals surface area contributed by atoms with Crippen molar-refractivity contribution in [3.63, 3.8) is 0 Å². The van der Waals surface area contributed by atoms with E-state index in [1.54, 1.807) is 33.3 Å². The van der Waals surface area contributed by atoms with Crippen molar-refractivity contribution in [3.8, 4) is 17.2 Å². The monoisotopic (exact) mass is 484 g/mol. The topological polar surface area (TPSA) is 103 Å². The summed E-state index contributed by atoms with van der Waals surface area (Å²) in [5, 5.41) is 2.76. The second kappa shape index (κ2) is 11.5. The zero-order valence-corrected chi connectivity index (χ0v) is 20.1. The minimum atomic E-state index is -3.71. The number of hydrogen-bond donors (Lipinski definition) is 2. The maximum absolute atomic E-state index is 12.7. The average molecular weight is 485 g/mol. The van der Waals surface area contributed by atoms with Crippen molar-refractivity contribution in [3.05, 3.63) is 83.9 Å². The average Bonchev–Trinajstić information content (AvgIpc) is 2.86. The van der Waals surface area contributed by atoms with Gasteiger partial charge in [-0.1, -0.05) is 36.4 Å². The smallest absolute Gasteiger partial charge is 0.258 e. The van der Waals surface area contributed by atoms with Gasteiger partial charge in [-0.15, -0.1) is 0 Å². The van der Waals surface area contributed by atoms with Gasteiger partial charge in [-0.3, -0.25) is 4.79 Å². The van der Waals surface area contributed by atoms with E-state index in [1.807, 2.05) is 36.4 Å². The van der Waals surface area contributed by atoms with Gasteiger partial charge in [0.2, 0.25) is 10.0 Å². The first kappa shape index (κ1) is 25.1. The highest BCUT2D eigenvalue weighted by atomic mass is 32.2. The van der Waals surface area contributed by atoms with Crippen LogP contribution in [0.2, 0.25) is 0 Å². The molecule has 180 valence electrons. The van der Waals surface area contributed by atoms with Gasteiger partial charge in [0.1, 0.15) is 5.75 Å². The second-order valence-corrected chi connectivity index (χ2v) is 9.19. The van der Waals surface area contributed by atoms with Gasteiger partial charge >= 0.3 is 0 Å². The van der Waals surface area contributed by atoms with Gasteiger partial charge in [0, 0.05) is 12.6 Å². The van der Waals surface area contributed by atoms with Crippen molar-refractivity contribution in [1.82, 2.24) is 10.0 Å². The number of nitrogens with one attached hydrogen (secondary N) is 2. The van der Waals surface area contributed by atoms with Crippen LogP contribution in [-0.4, -0.2) is 35.2 Å². The summed E-state index contributed by atoms with van der Waals surface area (Å²) in [4.78, 5) is 12.3. The molecule has 0 saturated heterocycles. The fourth-order valence-corrected chi connectivity index (χ4v) is 4.45. The summed E-state index contributed by atoms with van der Waals surface area (Å²) < 4.78 is 43.9. The lowest BCUT2D eigenvalue weighted by molar-refractivity contribution is -0.123. The fourth-order valence-electron chi connectivity index (χ4n) is 3.22. The minimum absolute atomic E-state index is 0.112. The van der Waals surface area contributed by atoms with Crippen LogP contribution in [0.25, 0.3) is 0 Å². The van der Waals surface area contributed by atoms with Gasteiger partial charge in [0.15, 0.2) is 18.1 Å². The van der Waals surface area contributed by atoms with Crippen LogP contribution in [0.3, 0.4) is 0 Å². The third-order valence-corrected chi connectivity index (χ3v) is 6.63. The van der Waals surface area contributed by atoms with E-state index in [1.165, 1.54) is 24.3 Å². The Bertz CT molecular complexity index is 1200. The molecule has 0 saturated carbocycles. The molecule has 3 rings (SSSR count). The molecule has 1 amide bonds. The quantitative estimate of drug-likeness (QED) is 0.432. The molecule has 0 aliphatic carbocycles. The lowest BCUT2D eigenvalue weighted by Crippen LogP contribution is -2.28. The number of carbonyl (C=O) groups excluding carboxylic acids is 1. The molecule has 0 aliphatic rings. The third-order valence-electron chi connectivity index (χ3n) is 5.07. The first-order valence-corrected chi connectivity index (χ1v) is 12.1. The molecular formula is C25H28N2O6S. The van der Waals surface area contributed by atoms with Crippen molar-refractivity contribution < 1.29 is 27.4 Å². The van der Waals surface area contributed by atoms with Gasteiger partial charge in [0.05, 0.1) is 19.1 Å². The zero-order valence-electron chi connectivity index (χ0n) is 19.3. The number of sulfonamides is 1. The maximum Gasteiger partial charge on any atom is 0.258 e. The second-order valence-electron chi connectivity index (χ2n) is 7.48. The Morgan fingerprint density at radius 1 is 0.912 bits per heavy atom. The molecule has 0 radical (unpaired) electrons. The molecule has 2 N–H and O–H groups in total. The molecule has 0 bridgehead atoms. The molecule has 3 aromatic rings. The lowest BCUT2D eigenvalue weighted by atomic mass is 10.1. The normalized spacial score (nSPS) is 12.0. The van der Waals surface area contributed by atoms with Gasteiger partial charge in [-0.2, -0.15) is 0 Å². The number of ether oxygens (including phenoxy) is 3. The van der Waals surface area contributed by atoms with E-state index in [0.29, 0.717) is 23.8 Å². The highest BCUT2D eigenvalue weighted by Crippen LogP contribution is 2.27. The van der Waals surface area contributed by atoms with E-state index in [4.69, 9.17) is 14.2 Å². The summed E-state index contributed by atoms with van der Waals surface area (Å²) in [6.45, 7) is 1.87. The van der Waals surface area contributed by atoms with E-state index >= 15 is 0 Å². The Morgan fingerprint density at radius 2 is 1.59 bits per heavy atom. The highest BCUT2D eigenvalue weighted by molar-refractivity contribution is 7.89. The Kier molecular flexibility index (Phi) is 8.50. The van der Waals surface area contributed by atoms with Crippen molar-refractivity contribution in [2.75, 3.05) is 20.8 Å². The van der Waals surface area contributed by atoms with Crippen LogP contribution >= 0.6 is 0 Å². The molecule has 0 fully saturated rings. The molecular weight excluding hydrogens is 456 g/mol. The first-order chi connectivity index (χ1) is 16.3. The summed E-state index contributed by atoms with van der Waals surface area (Å²) in [7, 11) is -0.608. The SMILES string of the molecule is COc1ccc(CNC(=O)COc2ccc(S(=O)(=O)N[C@H](C)c3ccccc3)cc2)cc1OC. The van der Waals surface area contributed by atoms with Crippen molar-refractivity contribution >= 4 is 15.9 Å². The molecule has 34 heavy (non-hydrogen) atoms. The van der Waals surface area contributed by atoms with Crippen LogP contribution < -0.4 is 24.2 Å². The van der Waals surface area contributed by atoms with Gasteiger partial charge in [-0.05, 0) is 54.4 Å². The highest BCUT2D eigenvalue weighted by Gasteiger charge is 2.18. The molecule has 3 aromatic carbocycles. The fraction of sp³-hybridized carbons (Fsp3) is 0.240. The molecule has 0 unspecified atom stereocenters. The number of rotatable bonds is 11. The lowest BCUT2D eigenvalue weighted by Gasteiger charge is -2.15. The summed E-state index contributed by atoms with van der Waals surface area (Å²) in [5.74, 6) is 1.26. The van der Waals surface area contributed by atoms with Crippen LogP contribution in [0.5, 0.6) is 17.2 Å².